The van der Waals surface area contributed by atoms with Crippen LogP contribution >= 0.6 is 35.0 Å². The Balaban J connectivity index is 1.69. The summed E-state index contributed by atoms with van der Waals surface area (Å²) in [5.41, 5.74) is 6.39. The van der Waals surface area contributed by atoms with Gasteiger partial charge < -0.3 is 5.73 Å². The molecule has 12 heteroatoms. The number of nitrogens with two attached hydrogens (primary N) is 1. The highest BCUT2D eigenvalue weighted by Crippen LogP contribution is 2.35. The first kappa shape index (κ1) is 21.8. The van der Waals surface area contributed by atoms with E-state index >= 15 is 0 Å². The van der Waals surface area contributed by atoms with Gasteiger partial charge in [0.15, 0.2) is 5.17 Å². The van der Waals surface area contributed by atoms with E-state index in [1.807, 2.05) is 0 Å². The molecule has 154 valence electrons. The van der Waals surface area contributed by atoms with Crippen molar-refractivity contribution in [3.05, 3.63) is 68.2 Å². The average molecular weight is 466 g/mol. The predicted molar refractivity (Wildman–Crippen MR) is 117 cm³/mol. The summed E-state index contributed by atoms with van der Waals surface area (Å²) in [6.45, 7) is 0. The number of amidine groups is 1. The van der Waals surface area contributed by atoms with Crippen LogP contribution in [0.3, 0.4) is 0 Å². The minimum atomic E-state index is -0.788. The van der Waals surface area contributed by atoms with Gasteiger partial charge in [-0.1, -0.05) is 47.1 Å². The third-order valence-electron chi connectivity index (χ3n) is 3.96. The lowest BCUT2D eigenvalue weighted by Crippen LogP contribution is -2.32. The molecule has 1 atom stereocenters. The molecule has 1 heterocycles. The summed E-state index contributed by atoms with van der Waals surface area (Å²) >= 11 is 12.9. The number of hydrogen-bond acceptors (Lipinski definition) is 7. The average Bonchev–Trinajstić information content (AvgIpc) is 2.97. The molecule has 0 radical (unpaired) electrons. The van der Waals surface area contributed by atoms with Crippen molar-refractivity contribution in [2.45, 2.75) is 11.7 Å². The highest BCUT2D eigenvalue weighted by atomic mass is 35.5. The van der Waals surface area contributed by atoms with Gasteiger partial charge in [0.05, 0.1) is 21.8 Å². The molecule has 1 fully saturated rings. The summed E-state index contributed by atoms with van der Waals surface area (Å²) < 4.78 is 0. The molecule has 2 aromatic rings. The highest BCUT2D eigenvalue weighted by molar-refractivity contribution is 8.14. The minimum absolute atomic E-state index is 0.0399. The number of rotatable bonds is 5. The molecular formula is C18H13Cl2N5O4S. The molecule has 0 bridgehead atoms. The second-order valence-corrected chi connectivity index (χ2v) is 8.08. The Hall–Kier alpha value is -2.95. The number of amides is 2. The van der Waals surface area contributed by atoms with Gasteiger partial charge in [-0.05, 0) is 18.2 Å². The maximum absolute atomic E-state index is 12.7. The number of thioether (sulfide) groups is 1. The fraction of sp³-hybridized carbons (Fsp3) is 0.111. The van der Waals surface area contributed by atoms with Gasteiger partial charge in [0.25, 0.3) is 5.69 Å². The number of imide groups is 1. The second-order valence-electron chi connectivity index (χ2n) is 6.01. The smallest absolute Gasteiger partial charge is 0.270 e. The normalized spacial score (nSPS) is 17.2. The number of nitrogens with zero attached hydrogens (tertiary/aromatic N) is 4. The van der Waals surface area contributed by atoms with Crippen LogP contribution in [0.1, 0.15) is 12.0 Å². The number of nitro benzene ring substituents is 1. The molecule has 0 spiro atoms. The molecule has 2 N–H and O–H groups in total. The molecule has 0 aliphatic carbocycles. The van der Waals surface area contributed by atoms with Gasteiger partial charge in [-0.25, -0.2) is 4.90 Å². The van der Waals surface area contributed by atoms with Gasteiger partial charge in [0, 0.05) is 29.1 Å². The van der Waals surface area contributed by atoms with Crippen molar-refractivity contribution in [3.63, 3.8) is 0 Å². The molecule has 3 rings (SSSR count). The Morgan fingerprint density at radius 2 is 2.03 bits per heavy atom. The number of halogens is 2. The first-order chi connectivity index (χ1) is 14.3. The van der Waals surface area contributed by atoms with Crippen LogP contribution in [-0.4, -0.2) is 33.4 Å². The van der Waals surface area contributed by atoms with Crippen molar-refractivity contribution in [1.82, 2.24) is 0 Å². The van der Waals surface area contributed by atoms with Crippen LogP contribution in [-0.2, 0) is 9.59 Å². The van der Waals surface area contributed by atoms with Gasteiger partial charge >= 0.3 is 0 Å². The quantitative estimate of drug-likeness (QED) is 0.235. The Morgan fingerprint density at radius 3 is 2.77 bits per heavy atom. The van der Waals surface area contributed by atoms with Crippen LogP contribution in [0.2, 0.25) is 10.0 Å². The lowest BCUT2D eigenvalue weighted by atomic mass is 10.2. The van der Waals surface area contributed by atoms with Crippen molar-refractivity contribution in [2.75, 3.05) is 4.90 Å². The van der Waals surface area contributed by atoms with E-state index in [-0.39, 0.29) is 28.0 Å². The molecule has 1 aliphatic rings. The fourth-order valence-corrected chi connectivity index (χ4v) is 3.83. The Morgan fingerprint density at radius 1 is 1.27 bits per heavy atom. The third-order valence-corrected chi connectivity index (χ3v) is 5.49. The summed E-state index contributed by atoms with van der Waals surface area (Å²) in [4.78, 5) is 36.3. The molecule has 1 aliphatic heterocycles. The van der Waals surface area contributed by atoms with Crippen LogP contribution in [0, 0.1) is 10.1 Å². The summed E-state index contributed by atoms with van der Waals surface area (Å²) in [5.74, 6) is -0.926. The SMILES string of the molecule is NC(=N/N=C\c1cccc([N+](=O)[O-])c1)S[C@H]1CC(=O)N(c2cc(Cl)ccc2Cl)C1=O. The molecule has 0 unspecified atom stereocenters. The van der Waals surface area contributed by atoms with Gasteiger partial charge in [-0.2, -0.15) is 5.10 Å². The van der Waals surface area contributed by atoms with Crippen LogP contribution in [0.4, 0.5) is 11.4 Å². The van der Waals surface area contributed by atoms with Crippen molar-refractivity contribution in [3.8, 4) is 0 Å². The Bertz CT molecular complexity index is 1090. The van der Waals surface area contributed by atoms with Crippen molar-refractivity contribution >= 4 is 69.5 Å². The zero-order valence-corrected chi connectivity index (χ0v) is 17.4. The molecular weight excluding hydrogens is 453 g/mol. The Kier molecular flexibility index (Phi) is 6.70. The Labute approximate surface area is 184 Å². The highest BCUT2D eigenvalue weighted by Gasteiger charge is 2.41. The maximum Gasteiger partial charge on any atom is 0.270 e. The largest absolute Gasteiger partial charge is 0.377 e. The summed E-state index contributed by atoms with van der Waals surface area (Å²) in [6, 6.07) is 10.3. The van der Waals surface area contributed by atoms with E-state index in [4.69, 9.17) is 28.9 Å². The first-order valence-corrected chi connectivity index (χ1v) is 9.99. The zero-order chi connectivity index (χ0) is 21.8. The summed E-state index contributed by atoms with van der Waals surface area (Å²) in [6.07, 6.45) is 1.21. The maximum atomic E-state index is 12.7. The topological polar surface area (TPSA) is 131 Å². The zero-order valence-electron chi connectivity index (χ0n) is 15.1. The molecule has 9 nitrogen and oxygen atoms in total. The van der Waals surface area contributed by atoms with Gasteiger partial charge in [0.1, 0.15) is 5.25 Å². The second kappa shape index (κ2) is 9.24. The molecule has 2 amide bonds. The molecule has 2 aromatic carbocycles. The molecule has 30 heavy (non-hydrogen) atoms. The van der Waals surface area contributed by atoms with Crippen LogP contribution in [0.5, 0.6) is 0 Å². The number of carbonyl (C=O) groups is 2. The first-order valence-electron chi connectivity index (χ1n) is 8.35. The molecule has 0 aromatic heterocycles. The minimum Gasteiger partial charge on any atom is -0.377 e. The summed E-state index contributed by atoms with van der Waals surface area (Å²) in [7, 11) is 0. The number of carbonyl (C=O) groups excluding carboxylic acids is 2. The van der Waals surface area contributed by atoms with Gasteiger partial charge in [0.2, 0.25) is 11.8 Å². The standard InChI is InChI=1S/C18H13Cl2N5O4S/c19-11-4-5-13(20)14(7-11)24-16(26)8-15(17(24)27)30-18(21)23-22-9-10-2-1-3-12(6-10)25(28)29/h1-7,9,15H,8H2,(H2,21,23)/b22-9-/t15-/m0/s1. The van der Waals surface area contributed by atoms with E-state index in [1.54, 1.807) is 12.1 Å². The molecule has 1 saturated heterocycles. The number of anilines is 1. The number of nitro groups is 1. The van der Waals surface area contributed by atoms with E-state index in [9.17, 15) is 19.7 Å². The van der Waals surface area contributed by atoms with Crippen molar-refractivity contribution in [2.24, 2.45) is 15.9 Å². The predicted octanol–water partition coefficient (Wildman–Crippen LogP) is 3.62. The monoisotopic (exact) mass is 465 g/mol. The molecule has 0 saturated carbocycles. The number of hydrogen-bond donors (Lipinski definition) is 1. The lowest BCUT2D eigenvalue weighted by Gasteiger charge is -2.16. The van der Waals surface area contributed by atoms with Gasteiger partial charge in [-0.3, -0.25) is 19.7 Å². The van der Waals surface area contributed by atoms with E-state index in [2.05, 4.69) is 10.2 Å². The van der Waals surface area contributed by atoms with Gasteiger partial charge in [-0.15, -0.1) is 5.10 Å². The number of non-ortho nitro benzene ring substituents is 1. The van der Waals surface area contributed by atoms with Crippen LogP contribution in [0.15, 0.2) is 52.7 Å². The third kappa shape index (κ3) is 4.96. The fourth-order valence-electron chi connectivity index (χ4n) is 2.65. The lowest BCUT2D eigenvalue weighted by molar-refractivity contribution is -0.384. The van der Waals surface area contributed by atoms with E-state index in [0.717, 1.165) is 16.7 Å². The van der Waals surface area contributed by atoms with E-state index < -0.39 is 22.0 Å². The van der Waals surface area contributed by atoms with Crippen molar-refractivity contribution < 1.29 is 14.5 Å². The van der Waals surface area contributed by atoms with Crippen LogP contribution in [0.25, 0.3) is 0 Å². The summed E-state index contributed by atoms with van der Waals surface area (Å²) in [5, 5.41) is 18.1. The van der Waals surface area contributed by atoms with Crippen molar-refractivity contribution in [1.29, 1.82) is 0 Å². The van der Waals surface area contributed by atoms with E-state index in [1.165, 1.54) is 36.5 Å². The number of benzene rings is 2. The van der Waals surface area contributed by atoms with E-state index in [0.29, 0.717) is 10.6 Å². The van der Waals surface area contributed by atoms with Crippen LogP contribution < -0.4 is 10.6 Å².